The van der Waals surface area contributed by atoms with Gasteiger partial charge in [-0.2, -0.15) is 0 Å². The fourth-order valence-electron chi connectivity index (χ4n) is 1.93. The first-order valence-corrected chi connectivity index (χ1v) is 8.49. The first-order valence-electron chi connectivity index (χ1n) is 6.83. The molecule has 1 N–H and O–H groups in total. The van der Waals surface area contributed by atoms with Gasteiger partial charge < -0.3 is 5.32 Å². The lowest BCUT2D eigenvalue weighted by atomic mass is 10.2. The summed E-state index contributed by atoms with van der Waals surface area (Å²) in [5.41, 5.74) is 1.82. The largest absolute Gasteiger partial charge is 0.316 e. The molecule has 3 nitrogen and oxygen atoms in total. The maximum Gasteiger partial charge on any atom is 0.178 e. The second-order valence-corrected chi connectivity index (χ2v) is 7.62. The van der Waals surface area contributed by atoms with Crippen molar-refractivity contribution in [2.75, 3.05) is 18.8 Å². The molecule has 0 saturated carbocycles. The Labute approximate surface area is 117 Å². The molecule has 0 atom stereocenters. The van der Waals surface area contributed by atoms with Gasteiger partial charge in [-0.25, -0.2) is 8.42 Å². The smallest absolute Gasteiger partial charge is 0.178 e. The summed E-state index contributed by atoms with van der Waals surface area (Å²) in [5, 5.41) is 3.27. The van der Waals surface area contributed by atoms with Crippen LogP contribution in [-0.4, -0.2) is 27.3 Å². The summed E-state index contributed by atoms with van der Waals surface area (Å²) < 4.78 is 24.5. The van der Waals surface area contributed by atoms with Crippen LogP contribution in [0.4, 0.5) is 0 Å². The minimum absolute atomic E-state index is 0.211. The molecule has 0 fully saturated rings. The molecule has 0 spiro atoms. The molecular weight excluding hydrogens is 258 g/mol. The van der Waals surface area contributed by atoms with Crippen molar-refractivity contribution in [2.45, 2.75) is 39.0 Å². The number of benzene rings is 1. The SMILES string of the molecule is Cc1ccc(C)c(S(=O)(=O)CCCNCC(C)C)c1. The summed E-state index contributed by atoms with van der Waals surface area (Å²) in [6.45, 7) is 9.73. The predicted molar refractivity (Wildman–Crippen MR) is 80.3 cm³/mol. The average Bonchev–Trinajstić information content (AvgIpc) is 2.31. The Kier molecular flexibility index (Phi) is 6.01. The number of hydrogen-bond donors (Lipinski definition) is 1. The Morgan fingerprint density at radius 2 is 1.89 bits per heavy atom. The van der Waals surface area contributed by atoms with E-state index in [4.69, 9.17) is 0 Å². The van der Waals surface area contributed by atoms with Crippen LogP contribution in [0.3, 0.4) is 0 Å². The Bertz CT molecular complexity index is 507. The minimum Gasteiger partial charge on any atom is -0.316 e. The van der Waals surface area contributed by atoms with Gasteiger partial charge in [-0.3, -0.25) is 0 Å². The Morgan fingerprint density at radius 3 is 2.53 bits per heavy atom. The second-order valence-electron chi connectivity index (χ2n) is 5.54. The van der Waals surface area contributed by atoms with Gasteiger partial charge in [-0.1, -0.05) is 26.0 Å². The molecule has 1 aromatic carbocycles. The molecule has 108 valence electrons. The topological polar surface area (TPSA) is 46.2 Å². The average molecular weight is 283 g/mol. The third-order valence-corrected chi connectivity index (χ3v) is 4.93. The Hall–Kier alpha value is -0.870. The van der Waals surface area contributed by atoms with E-state index in [0.29, 0.717) is 17.2 Å². The third kappa shape index (κ3) is 5.33. The summed E-state index contributed by atoms with van der Waals surface area (Å²) in [6.07, 6.45) is 0.655. The normalized spacial score (nSPS) is 12.1. The van der Waals surface area contributed by atoms with E-state index in [9.17, 15) is 8.42 Å². The van der Waals surface area contributed by atoms with Crippen molar-refractivity contribution >= 4 is 9.84 Å². The quantitative estimate of drug-likeness (QED) is 0.783. The van der Waals surface area contributed by atoms with Gasteiger partial charge in [-0.05, 0) is 56.5 Å². The summed E-state index contributed by atoms with van der Waals surface area (Å²) in [7, 11) is -3.15. The van der Waals surface area contributed by atoms with Crippen molar-refractivity contribution in [3.05, 3.63) is 29.3 Å². The molecule has 0 unspecified atom stereocenters. The molecule has 0 radical (unpaired) electrons. The lowest BCUT2D eigenvalue weighted by Gasteiger charge is -2.10. The first kappa shape index (κ1) is 16.2. The molecule has 0 aromatic heterocycles. The van der Waals surface area contributed by atoms with Gasteiger partial charge in [0.25, 0.3) is 0 Å². The molecule has 0 aliphatic carbocycles. The molecule has 0 heterocycles. The standard InChI is InChI=1S/C15H25NO2S/c1-12(2)11-16-8-5-9-19(17,18)15-10-13(3)6-7-14(15)4/h6-7,10,12,16H,5,8-9,11H2,1-4H3. The van der Waals surface area contributed by atoms with E-state index in [2.05, 4.69) is 19.2 Å². The first-order chi connectivity index (χ1) is 8.83. The van der Waals surface area contributed by atoms with E-state index in [1.54, 1.807) is 6.07 Å². The van der Waals surface area contributed by atoms with Crippen LogP contribution < -0.4 is 5.32 Å². The second kappa shape index (κ2) is 7.06. The van der Waals surface area contributed by atoms with Gasteiger partial charge in [0.05, 0.1) is 10.6 Å². The van der Waals surface area contributed by atoms with Crippen LogP contribution in [0.25, 0.3) is 0 Å². The van der Waals surface area contributed by atoms with Gasteiger partial charge in [0.1, 0.15) is 0 Å². The van der Waals surface area contributed by atoms with Crippen molar-refractivity contribution in [1.82, 2.24) is 5.32 Å². The van der Waals surface area contributed by atoms with Gasteiger partial charge in [0, 0.05) is 0 Å². The van der Waals surface area contributed by atoms with Crippen LogP contribution in [0.2, 0.25) is 0 Å². The van der Waals surface area contributed by atoms with E-state index in [0.717, 1.165) is 24.2 Å². The zero-order valence-electron chi connectivity index (χ0n) is 12.4. The molecule has 4 heteroatoms. The van der Waals surface area contributed by atoms with Crippen molar-refractivity contribution < 1.29 is 8.42 Å². The van der Waals surface area contributed by atoms with Crippen LogP contribution in [0.15, 0.2) is 23.1 Å². The molecule has 0 amide bonds. The molecule has 0 bridgehead atoms. The fraction of sp³-hybridized carbons (Fsp3) is 0.600. The predicted octanol–water partition coefficient (Wildman–Crippen LogP) is 2.71. The highest BCUT2D eigenvalue weighted by Crippen LogP contribution is 2.18. The van der Waals surface area contributed by atoms with Gasteiger partial charge in [-0.15, -0.1) is 0 Å². The van der Waals surface area contributed by atoms with Gasteiger partial charge in [0.15, 0.2) is 9.84 Å². The summed E-state index contributed by atoms with van der Waals surface area (Å²) in [6, 6.07) is 5.59. The van der Waals surface area contributed by atoms with E-state index in [-0.39, 0.29) is 5.75 Å². The van der Waals surface area contributed by atoms with E-state index in [1.165, 1.54) is 0 Å². The molecular formula is C15H25NO2S. The van der Waals surface area contributed by atoms with Crippen LogP contribution in [0.5, 0.6) is 0 Å². The lowest BCUT2D eigenvalue weighted by Crippen LogP contribution is -2.23. The molecule has 19 heavy (non-hydrogen) atoms. The highest BCUT2D eigenvalue weighted by molar-refractivity contribution is 7.91. The van der Waals surface area contributed by atoms with Crippen molar-refractivity contribution in [3.8, 4) is 0 Å². The third-order valence-electron chi connectivity index (χ3n) is 3.00. The van der Waals surface area contributed by atoms with Gasteiger partial charge in [0.2, 0.25) is 0 Å². The maximum absolute atomic E-state index is 12.3. The van der Waals surface area contributed by atoms with Crippen LogP contribution in [0, 0.1) is 19.8 Å². The monoisotopic (exact) mass is 283 g/mol. The summed E-state index contributed by atoms with van der Waals surface area (Å²) in [4.78, 5) is 0.483. The maximum atomic E-state index is 12.3. The van der Waals surface area contributed by atoms with E-state index in [1.807, 2.05) is 26.0 Å². The molecule has 0 aliphatic heterocycles. The van der Waals surface area contributed by atoms with Crippen LogP contribution >= 0.6 is 0 Å². The van der Waals surface area contributed by atoms with Gasteiger partial charge >= 0.3 is 0 Å². The number of aryl methyl sites for hydroxylation is 2. The number of hydrogen-bond acceptors (Lipinski definition) is 3. The molecule has 0 aliphatic rings. The lowest BCUT2D eigenvalue weighted by molar-refractivity contribution is 0.546. The Morgan fingerprint density at radius 1 is 1.21 bits per heavy atom. The summed E-state index contributed by atoms with van der Waals surface area (Å²) >= 11 is 0. The van der Waals surface area contributed by atoms with Crippen molar-refractivity contribution in [1.29, 1.82) is 0 Å². The zero-order chi connectivity index (χ0) is 14.5. The Balaban J connectivity index is 2.59. The summed E-state index contributed by atoms with van der Waals surface area (Å²) in [5.74, 6) is 0.804. The fourth-order valence-corrected chi connectivity index (χ4v) is 3.60. The molecule has 1 rings (SSSR count). The zero-order valence-corrected chi connectivity index (χ0v) is 13.2. The number of rotatable bonds is 7. The van der Waals surface area contributed by atoms with Crippen molar-refractivity contribution in [2.24, 2.45) is 5.92 Å². The number of sulfone groups is 1. The van der Waals surface area contributed by atoms with Crippen LogP contribution in [0.1, 0.15) is 31.4 Å². The van der Waals surface area contributed by atoms with E-state index >= 15 is 0 Å². The minimum atomic E-state index is -3.15. The highest BCUT2D eigenvalue weighted by Gasteiger charge is 2.16. The van der Waals surface area contributed by atoms with Crippen LogP contribution in [-0.2, 0) is 9.84 Å². The highest BCUT2D eigenvalue weighted by atomic mass is 32.2. The number of nitrogens with one attached hydrogen (secondary N) is 1. The van der Waals surface area contributed by atoms with Crippen molar-refractivity contribution in [3.63, 3.8) is 0 Å². The molecule has 1 aromatic rings. The van der Waals surface area contributed by atoms with E-state index < -0.39 is 9.84 Å². The molecule has 0 saturated heterocycles.